The molecule has 0 saturated heterocycles. The molecule has 2 aromatic carbocycles. The van der Waals surface area contributed by atoms with E-state index in [4.69, 9.17) is 26.8 Å². The zero-order valence-corrected chi connectivity index (χ0v) is 16.4. The van der Waals surface area contributed by atoms with Crippen molar-refractivity contribution in [3.63, 3.8) is 0 Å². The number of halogens is 2. The van der Waals surface area contributed by atoms with Crippen LogP contribution in [0.5, 0.6) is 11.5 Å². The van der Waals surface area contributed by atoms with Gasteiger partial charge < -0.3 is 20.5 Å². The molecule has 7 heteroatoms. The molecule has 3 N–H and O–H groups in total. The van der Waals surface area contributed by atoms with Crippen LogP contribution in [0, 0.1) is 5.92 Å². The average Bonchev–Trinajstić information content (AvgIpc) is 2.65. The van der Waals surface area contributed by atoms with Gasteiger partial charge in [0.15, 0.2) is 11.5 Å². The van der Waals surface area contributed by atoms with Gasteiger partial charge >= 0.3 is 0 Å². The highest BCUT2D eigenvalue weighted by Gasteiger charge is 2.12. The minimum atomic E-state index is -0.164. The second-order valence-corrected chi connectivity index (χ2v) is 6.27. The van der Waals surface area contributed by atoms with Crippen LogP contribution < -0.4 is 20.5 Å². The molecule has 1 unspecified atom stereocenters. The van der Waals surface area contributed by atoms with Gasteiger partial charge in [-0.05, 0) is 48.4 Å². The first-order chi connectivity index (χ1) is 12.0. The molecule has 0 saturated carbocycles. The molecule has 142 valence electrons. The molecule has 0 radical (unpaired) electrons. The molecule has 2 aromatic rings. The van der Waals surface area contributed by atoms with Crippen LogP contribution in [-0.2, 0) is 6.61 Å². The molecule has 0 aliphatic rings. The Labute approximate surface area is 165 Å². The average molecular weight is 399 g/mol. The third-order valence-electron chi connectivity index (χ3n) is 3.75. The first-order valence-corrected chi connectivity index (χ1v) is 8.44. The molecular formula is C19H24Cl2N2O3. The fraction of sp³-hybridized carbons (Fsp3) is 0.316. The number of carbonyl (C=O) groups is 1. The molecule has 0 heterocycles. The fourth-order valence-corrected chi connectivity index (χ4v) is 2.25. The van der Waals surface area contributed by atoms with Crippen molar-refractivity contribution in [1.29, 1.82) is 0 Å². The zero-order chi connectivity index (χ0) is 18.2. The Balaban J connectivity index is 0.00000338. The van der Waals surface area contributed by atoms with Crippen LogP contribution in [0.2, 0.25) is 5.02 Å². The highest BCUT2D eigenvalue weighted by molar-refractivity contribution is 6.30. The Morgan fingerprint density at radius 2 is 1.88 bits per heavy atom. The van der Waals surface area contributed by atoms with Crippen molar-refractivity contribution in [2.75, 3.05) is 20.2 Å². The first-order valence-electron chi connectivity index (χ1n) is 8.07. The van der Waals surface area contributed by atoms with E-state index < -0.39 is 0 Å². The highest BCUT2D eigenvalue weighted by Crippen LogP contribution is 2.29. The van der Waals surface area contributed by atoms with E-state index in [-0.39, 0.29) is 24.2 Å². The maximum absolute atomic E-state index is 12.2. The van der Waals surface area contributed by atoms with Crippen molar-refractivity contribution in [3.8, 4) is 11.5 Å². The number of rotatable bonds is 8. The Morgan fingerprint density at radius 1 is 1.19 bits per heavy atom. The van der Waals surface area contributed by atoms with Crippen LogP contribution in [0.1, 0.15) is 22.8 Å². The number of methoxy groups -OCH3 is 1. The van der Waals surface area contributed by atoms with Crippen molar-refractivity contribution < 1.29 is 14.3 Å². The summed E-state index contributed by atoms with van der Waals surface area (Å²) in [6, 6.07) is 12.5. The molecule has 0 aliphatic carbocycles. The predicted molar refractivity (Wildman–Crippen MR) is 107 cm³/mol. The molecule has 1 atom stereocenters. The molecule has 0 spiro atoms. The smallest absolute Gasteiger partial charge is 0.251 e. The molecule has 0 bridgehead atoms. The highest BCUT2D eigenvalue weighted by atomic mass is 35.5. The third-order valence-corrected chi connectivity index (χ3v) is 4.00. The maximum Gasteiger partial charge on any atom is 0.251 e. The zero-order valence-electron chi connectivity index (χ0n) is 14.8. The Morgan fingerprint density at radius 3 is 2.50 bits per heavy atom. The summed E-state index contributed by atoms with van der Waals surface area (Å²) in [4.78, 5) is 12.2. The lowest BCUT2D eigenvalue weighted by atomic mass is 10.1. The Kier molecular flexibility index (Phi) is 9.27. The van der Waals surface area contributed by atoms with E-state index in [1.54, 1.807) is 25.3 Å². The van der Waals surface area contributed by atoms with Crippen LogP contribution in [0.25, 0.3) is 0 Å². The molecule has 0 aliphatic heterocycles. The molecule has 2 rings (SSSR count). The van der Waals surface area contributed by atoms with E-state index in [2.05, 4.69) is 5.32 Å². The normalized spacial score (nSPS) is 11.2. The first kappa shape index (κ1) is 22.1. The summed E-state index contributed by atoms with van der Waals surface area (Å²) in [6.45, 7) is 3.43. The Hall–Kier alpha value is -1.95. The van der Waals surface area contributed by atoms with Gasteiger partial charge in [0.2, 0.25) is 0 Å². The Bertz CT molecular complexity index is 708. The van der Waals surface area contributed by atoms with E-state index in [9.17, 15) is 4.79 Å². The monoisotopic (exact) mass is 398 g/mol. The summed E-state index contributed by atoms with van der Waals surface area (Å²) in [5.74, 6) is 1.15. The van der Waals surface area contributed by atoms with Gasteiger partial charge in [0.1, 0.15) is 6.61 Å². The van der Waals surface area contributed by atoms with E-state index in [0.29, 0.717) is 41.8 Å². The number of carbonyl (C=O) groups excluding carboxylic acids is 1. The summed E-state index contributed by atoms with van der Waals surface area (Å²) >= 11 is 5.87. The second kappa shape index (κ2) is 10.9. The van der Waals surface area contributed by atoms with Crippen molar-refractivity contribution in [3.05, 3.63) is 58.6 Å². The molecule has 0 fully saturated rings. The van der Waals surface area contributed by atoms with E-state index >= 15 is 0 Å². The van der Waals surface area contributed by atoms with Crippen LogP contribution in [-0.4, -0.2) is 26.1 Å². The van der Waals surface area contributed by atoms with Gasteiger partial charge in [0.25, 0.3) is 5.91 Å². The number of benzene rings is 2. The minimum absolute atomic E-state index is 0. The predicted octanol–water partition coefficient (Wildman–Crippen LogP) is 3.67. The SMILES string of the molecule is COc1cc(C(=O)NCC(C)CN)ccc1OCc1ccc(Cl)cc1.Cl. The van der Waals surface area contributed by atoms with Crippen molar-refractivity contribution >= 4 is 29.9 Å². The summed E-state index contributed by atoms with van der Waals surface area (Å²) in [7, 11) is 1.54. The van der Waals surface area contributed by atoms with Crippen LogP contribution in [0.3, 0.4) is 0 Å². The lowest BCUT2D eigenvalue weighted by molar-refractivity contribution is 0.0948. The molecule has 1 amide bonds. The number of nitrogens with two attached hydrogens (primary N) is 1. The minimum Gasteiger partial charge on any atom is -0.493 e. The number of amides is 1. The topological polar surface area (TPSA) is 73.6 Å². The van der Waals surface area contributed by atoms with Crippen LogP contribution >= 0.6 is 24.0 Å². The molecule has 0 aromatic heterocycles. The van der Waals surface area contributed by atoms with Crippen molar-refractivity contribution in [2.24, 2.45) is 11.7 Å². The van der Waals surface area contributed by atoms with Gasteiger partial charge in [0, 0.05) is 17.1 Å². The van der Waals surface area contributed by atoms with Crippen molar-refractivity contribution in [2.45, 2.75) is 13.5 Å². The standard InChI is InChI=1S/C19H23ClN2O3.ClH/c1-13(10-21)11-22-19(23)15-5-8-17(18(9-15)24-2)25-12-14-3-6-16(20)7-4-14;/h3-9,13H,10-12,21H2,1-2H3,(H,22,23);1H. The van der Waals surface area contributed by atoms with Crippen LogP contribution in [0.15, 0.2) is 42.5 Å². The quantitative estimate of drug-likeness (QED) is 0.711. The number of hydrogen-bond acceptors (Lipinski definition) is 4. The van der Waals surface area contributed by atoms with Gasteiger partial charge in [-0.15, -0.1) is 12.4 Å². The third kappa shape index (κ3) is 6.41. The number of hydrogen-bond donors (Lipinski definition) is 2. The summed E-state index contributed by atoms with van der Waals surface area (Å²) in [5, 5.41) is 3.54. The lowest BCUT2D eigenvalue weighted by Gasteiger charge is -2.13. The largest absolute Gasteiger partial charge is 0.493 e. The van der Waals surface area contributed by atoms with E-state index in [1.165, 1.54) is 0 Å². The summed E-state index contributed by atoms with van der Waals surface area (Å²) < 4.78 is 11.1. The number of nitrogens with one attached hydrogen (secondary N) is 1. The van der Waals surface area contributed by atoms with Crippen molar-refractivity contribution in [1.82, 2.24) is 5.32 Å². The molecular weight excluding hydrogens is 375 g/mol. The van der Waals surface area contributed by atoms with Gasteiger partial charge in [-0.25, -0.2) is 0 Å². The summed E-state index contributed by atoms with van der Waals surface area (Å²) in [6.07, 6.45) is 0. The number of ether oxygens (including phenoxy) is 2. The molecule has 5 nitrogen and oxygen atoms in total. The van der Waals surface area contributed by atoms with Gasteiger partial charge in [-0.2, -0.15) is 0 Å². The summed E-state index contributed by atoms with van der Waals surface area (Å²) in [5.41, 5.74) is 7.06. The molecule has 26 heavy (non-hydrogen) atoms. The van der Waals surface area contributed by atoms with Gasteiger partial charge in [-0.1, -0.05) is 30.7 Å². The lowest BCUT2D eigenvalue weighted by Crippen LogP contribution is -2.31. The van der Waals surface area contributed by atoms with Gasteiger partial charge in [-0.3, -0.25) is 4.79 Å². The maximum atomic E-state index is 12.2. The van der Waals surface area contributed by atoms with E-state index in [1.807, 2.05) is 31.2 Å². The van der Waals surface area contributed by atoms with Gasteiger partial charge in [0.05, 0.1) is 7.11 Å². The van der Waals surface area contributed by atoms with E-state index in [0.717, 1.165) is 5.56 Å². The van der Waals surface area contributed by atoms with Crippen LogP contribution in [0.4, 0.5) is 0 Å². The second-order valence-electron chi connectivity index (χ2n) is 5.83. The fourth-order valence-electron chi connectivity index (χ4n) is 2.12.